The summed E-state index contributed by atoms with van der Waals surface area (Å²) in [6.45, 7) is 5.15. The van der Waals surface area contributed by atoms with Gasteiger partial charge in [0.1, 0.15) is 18.3 Å². The van der Waals surface area contributed by atoms with Crippen LogP contribution in [0, 0.1) is 0 Å². The van der Waals surface area contributed by atoms with E-state index in [1.807, 2.05) is 30.3 Å². The maximum absolute atomic E-state index is 12.4. The smallest absolute Gasteiger partial charge is 0.434 e. The highest BCUT2D eigenvalue weighted by atomic mass is 16.7. The molecule has 2 N–H and O–H groups in total. The second-order valence-electron chi connectivity index (χ2n) is 7.03. The number of hydroxylamine groups is 2. The van der Waals surface area contributed by atoms with Gasteiger partial charge in [-0.05, 0) is 26.3 Å². The van der Waals surface area contributed by atoms with E-state index >= 15 is 0 Å². The predicted molar refractivity (Wildman–Crippen MR) is 97.6 cm³/mol. The van der Waals surface area contributed by atoms with Crippen molar-refractivity contribution in [3.8, 4) is 0 Å². The van der Waals surface area contributed by atoms with E-state index in [9.17, 15) is 14.7 Å². The van der Waals surface area contributed by atoms with Crippen LogP contribution in [0.2, 0.25) is 0 Å². The maximum atomic E-state index is 12.4. The molecule has 0 saturated heterocycles. The normalized spacial score (nSPS) is 19.5. The predicted octanol–water partition coefficient (Wildman–Crippen LogP) is 2.38. The first kappa shape index (κ1) is 20.7. The minimum absolute atomic E-state index is 0.0734. The number of ether oxygens (including phenoxy) is 2. The van der Waals surface area contributed by atoms with E-state index in [0.29, 0.717) is 0 Å². The average molecular weight is 378 g/mol. The molecule has 1 aliphatic rings. The van der Waals surface area contributed by atoms with Crippen LogP contribution in [-0.4, -0.2) is 53.3 Å². The highest BCUT2D eigenvalue weighted by Gasteiger charge is 2.31. The summed E-state index contributed by atoms with van der Waals surface area (Å²) in [5.74, 6) is 0. The van der Waals surface area contributed by atoms with Gasteiger partial charge in [0.05, 0.1) is 12.6 Å². The summed E-state index contributed by atoms with van der Waals surface area (Å²) in [7, 11) is 0. The first-order valence-electron chi connectivity index (χ1n) is 8.71. The molecule has 148 valence electrons. The van der Waals surface area contributed by atoms with Crippen LogP contribution in [0.1, 0.15) is 26.3 Å². The molecule has 2 amide bonds. The summed E-state index contributed by atoms with van der Waals surface area (Å²) < 4.78 is 10.5. The number of benzene rings is 1. The molecule has 0 radical (unpaired) electrons. The summed E-state index contributed by atoms with van der Waals surface area (Å²) in [6.07, 6.45) is 1.33. The van der Waals surface area contributed by atoms with Gasteiger partial charge in [0, 0.05) is 6.54 Å². The molecule has 2 rings (SSSR count). The van der Waals surface area contributed by atoms with Crippen molar-refractivity contribution < 1.29 is 29.0 Å². The molecule has 0 spiro atoms. The number of nitrogens with one attached hydrogen (secondary N) is 1. The molecule has 8 nitrogen and oxygen atoms in total. The summed E-state index contributed by atoms with van der Waals surface area (Å²) in [4.78, 5) is 29.7. The van der Waals surface area contributed by atoms with Crippen molar-refractivity contribution in [3.05, 3.63) is 48.0 Å². The SMILES string of the molecule is CC(C)(C)OC(=O)NC[C@H]1C=C[C@@H](CO)ON1C(=O)OCc1ccccc1. The van der Waals surface area contributed by atoms with Crippen molar-refractivity contribution in [2.75, 3.05) is 13.2 Å². The molecule has 1 aromatic rings. The lowest BCUT2D eigenvalue weighted by molar-refractivity contribution is -0.191. The van der Waals surface area contributed by atoms with Crippen molar-refractivity contribution in [3.63, 3.8) is 0 Å². The number of amides is 2. The molecule has 2 atom stereocenters. The Morgan fingerprint density at radius 3 is 2.56 bits per heavy atom. The highest BCUT2D eigenvalue weighted by molar-refractivity contribution is 5.69. The summed E-state index contributed by atoms with van der Waals surface area (Å²) >= 11 is 0. The standard InChI is InChI=1S/C19H26N2O6/c1-19(2,3)26-17(23)20-11-15-9-10-16(12-22)27-21(15)18(24)25-13-14-7-5-4-6-8-14/h4-10,15-16,22H,11-13H2,1-3H3,(H,20,23)/t15-,16+/m1/s1. The van der Waals surface area contributed by atoms with Gasteiger partial charge in [0.15, 0.2) is 0 Å². The third kappa shape index (κ3) is 6.92. The van der Waals surface area contributed by atoms with E-state index in [-0.39, 0.29) is 19.8 Å². The third-order valence-electron chi connectivity index (χ3n) is 3.52. The Morgan fingerprint density at radius 2 is 1.93 bits per heavy atom. The second-order valence-corrected chi connectivity index (χ2v) is 7.03. The van der Waals surface area contributed by atoms with Crippen molar-refractivity contribution in [2.24, 2.45) is 0 Å². The number of rotatable bonds is 5. The first-order chi connectivity index (χ1) is 12.8. The Balaban J connectivity index is 1.96. The maximum Gasteiger partial charge on any atom is 0.434 e. The quantitative estimate of drug-likeness (QED) is 0.764. The van der Waals surface area contributed by atoms with Crippen LogP contribution in [0.4, 0.5) is 9.59 Å². The van der Waals surface area contributed by atoms with Crippen molar-refractivity contribution in [1.82, 2.24) is 10.4 Å². The minimum Gasteiger partial charge on any atom is -0.444 e. The van der Waals surface area contributed by atoms with Gasteiger partial charge in [-0.3, -0.25) is 4.84 Å². The number of alkyl carbamates (subject to hydrolysis) is 1. The molecule has 0 saturated carbocycles. The van der Waals surface area contributed by atoms with Gasteiger partial charge in [-0.2, -0.15) is 5.06 Å². The first-order valence-corrected chi connectivity index (χ1v) is 8.71. The molecule has 1 aromatic carbocycles. The highest BCUT2D eigenvalue weighted by Crippen LogP contribution is 2.16. The lowest BCUT2D eigenvalue weighted by Crippen LogP contribution is -2.50. The molecule has 27 heavy (non-hydrogen) atoms. The summed E-state index contributed by atoms with van der Waals surface area (Å²) in [6, 6.07) is 8.64. The van der Waals surface area contributed by atoms with Crippen LogP contribution in [0.15, 0.2) is 42.5 Å². The summed E-state index contributed by atoms with van der Waals surface area (Å²) in [5, 5.41) is 12.9. The zero-order valence-corrected chi connectivity index (χ0v) is 15.8. The largest absolute Gasteiger partial charge is 0.444 e. The molecule has 0 unspecified atom stereocenters. The van der Waals surface area contributed by atoms with Gasteiger partial charge < -0.3 is 19.9 Å². The lowest BCUT2D eigenvalue weighted by Gasteiger charge is -2.33. The zero-order valence-electron chi connectivity index (χ0n) is 15.8. The molecule has 0 fully saturated rings. The Morgan fingerprint density at radius 1 is 1.22 bits per heavy atom. The van der Waals surface area contributed by atoms with Crippen LogP contribution in [0.5, 0.6) is 0 Å². The zero-order chi connectivity index (χ0) is 19.9. The van der Waals surface area contributed by atoms with Crippen molar-refractivity contribution in [1.29, 1.82) is 0 Å². The molecule has 8 heteroatoms. The van der Waals surface area contributed by atoms with Gasteiger partial charge in [-0.25, -0.2) is 9.59 Å². The number of hydrogen-bond acceptors (Lipinski definition) is 6. The third-order valence-corrected chi connectivity index (χ3v) is 3.52. The van der Waals surface area contributed by atoms with Crippen LogP contribution < -0.4 is 5.32 Å². The minimum atomic E-state index is -0.711. The second kappa shape index (κ2) is 9.38. The Hall–Kier alpha value is -2.58. The Bertz CT molecular complexity index is 656. The number of hydrogen-bond donors (Lipinski definition) is 2. The fraction of sp³-hybridized carbons (Fsp3) is 0.474. The average Bonchev–Trinajstić information content (AvgIpc) is 2.63. The van der Waals surface area contributed by atoms with Crippen molar-refractivity contribution >= 4 is 12.2 Å². The lowest BCUT2D eigenvalue weighted by atomic mass is 10.2. The number of carbonyl (C=O) groups is 2. The van der Waals surface area contributed by atoms with Crippen LogP contribution in [0.3, 0.4) is 0 Å². The molecule has 1 aliphatic heterocycles. The van der Waals surface area contributed by atoms with Crippen molar-refractivity contribution in [2.45, 2.75) is 45.1 Å². The molecule has 0 aliphatic carbocycles. The van der Waals surface area contributed by atoms with E-state index in [1.54, 1.807) is 32.9 Å². The summed E-state index contributed by atoms with van der Waals surface area (Å²) in [5.41, 5.74) is 0.208. The fourth-order valence-corrected chi connectivity index (χ4v) is 2.30. The number of carbonyl (C=O) groups excluding carboxylic acids is 2. The van der Waals surface area contributed by atoms with Gasteiger partial charge in [0.2, 0.25) is 0 Å². The van der Waals surface area contributed by atoms with E-state index in [1.165, 1.54) is 0 Å². The van der Waals surface area contributed by atoms with E-state index in [0.717, 1.165) is 10.6 Å². The molecule has 0 bridgehead atoms. The van der Waals surface area contributed by atoms with E-state index in [4.69, 9.17) is 14.3 Å². The Labute approximate surface area is 158 Å². The van der Waals surface area contributed by atoms with Gasteiger partial charge in [-0.15, -0.1) is 0 Å². The number of nitrogens with zero attached hydrogens (tertiary/aromatic N) is 1. The van der Waals surface area contributed by atoms with E-state index in [2.05, 4.69) is 5.32 Å². The van der Waals surface area contributed by atoms with Gasteiger partial charge in [-0.1, -0.05) is 42.5 Å². The Kier molecular flexibility index (Phi) is 7.20. The number of aliphatic hydroxyl groups is 1. The molecular weight excluding hydrogens is 352 g/mol. The van der Waals surface area contributed by atoms with Crippen LogP contribution in [0.25, 0.3) is 0 Å². The molecular formula is C19H26N2O6. The van der Waals surface area contributed by atoms with Crippen LogP contribution in [-0.2, 0) is 20.9 Å². The fourth-order valence-electron chi connectivity index (χ4n) is 2.30. The van der Waals surface area contributed by atoms with E-state index < -0.39 is 29.9 Å². The van der Waals surface area contributed by atoms with Crippen LogP contribution >= 0.6 is 0 Å². The molecule has 0 aromatic heterocycles. The number of aliphatic hydroxyl groups excluding tert-OH is 1. The molecule has 1 heterocycles. The monoisotopic (exact) mass is 378 g/mol. The topological polar surface area (TPSA) is 97.3 Å². The van der Waals surface area contributed by atoms with Gasteiger partial charge in [0.25, 0.3) is 0 Å². The van der Waals surface area contributed by atoms with Gasteiger partial charge >= 0.3 is 12.2 Å².